The van der Waals surface area contributed by atoms with Crippen LogP contribution in [0, 0.1) is 6.92 Å². The van der Waals surface area contributed by atoms with Crippen LogP contribution in [0.5, 0.6) is 11.5 Å². The Morgan fingerprint density at radius 1 is 0.778 bits per heavy atom. The second-order valence-electron chi connectivity index (χ2n) is 14.1. The van der Waals surface area contributed by atoms with Crippen LogP contribution in [0.25, 0.3) is 11.1 Å². The van der Waals surface area contributed by atoms with Crippen LogP contribution in [0.1, 0.15) is 82.5 Å². The molecule has 0 bridgehead atoms. The first kappa shape index (κ1) is 38.1. The van der Waals surface area contributed by atoms with E-state index in [1.807, 2.05) is 104 Å². The first-order valence-electron chi connectivity index (χ1n) is 18.8. The predicted octanol–water partition coefficient (Wildman–Crippen LogP) is 9.92. The number of rotatable bonds is 14. The maximum atomic E-state index is 14.4. The van der Waals surface area contributed by atoms with Gasteiger partial charge in [0.25, 0.3) is 5.91 Å². The number of nitrogens with zero attached hydrogens (tertiary/aromatic N) is 2. The summed E-state index contributed by atoms with van der Waals surface area (Å²) in [6.07, 6.45) is 1.80. The lowest BCUT2D eigenvalue weighted by Crippen LogP contribution is -2.40. The molecule has 0 aliphatic carbocycles. The van der Waals surface area contributed by atoms with E-state index in [9.17, 15) is 14.7 Å². The van der Waals surface area contributed by atoms with E-state index in [0.29, 0.717) is 49.2 Å². The molecule has 0 atom stereocenters. The molecular formula is C46H50N2O6. The minimum Gasteiger partial charge on any atom is -0.488 e. The van der Waals surface area contributed by atoms with E-state index >= 15 is 0 Å². The average molecular weight is 727 g/mol. The summed E-state index contributed by atoms with van der Waals surface area (Å²) in [5, 5.41) is 10.2. The molecule has 0 unspecified atom stereocenters. The second kappa shape index (κ2) is 17.5. The van der Waals surface area contributed by atoms with Crippen LogP contribution in [0.4, 0.5) is 11.4 Å². The number of anilines is 2. The van der Waals surface area contributed by atoms with E-state index < -0.39 is 5.97 Å². The van der Waals surface area contributed by atoms with Crippen molar-refractivity contribution < 1.29 is 28.9 Å². The molecule has 1 amide bonds. The van der Waals surface area contributed by atoms with Gasteiger partial charge in [-0.25, -0.2) is 4.79 Å². The van der Waals surface area contributed by atoms with Crippen molar-refractivity contribution in [1.29, 1.82) is 0 Å². The lowest BCUT2D eigenvalue weighted by Gasteiger charge is -2.36. The van der Waals surface area contributed by atoms with Gasteiger partial charge in [0.05, 0.1) is 11.1 Å². The van der Waals surface area contributed by atoms with Gasteiger partial charge in [-0.15, -0.1) is 0 Å². The van der Waals surface area contributed by atoms with Gasteiger partial charge in [0.15, 0.2) is 0 Å². The van der Waals surface area contributed by atoms with Gasteiger partial charge in [-0.3, -0.25) is 4.79 Å². The van der Waals surface area contributed by atoms with Crippen LogP contribution in [0.2, 0.25) is 0 Å². The van der Waals surface area contributed by atoms with Crippen LogP contribution in [0.15, 0.2) is 109 Å². The van der Waals surface area contributed by atoms with Crippen molar-refractivity contribution in [2.75, 3.05) is 36.6 Å². The number of hydrogen-bond donors (Lipinski definition) is 1. The quantitative estimate of drug-likeness (QED) is 0.122. The molecule has 5 aromatic rings. The SMILES string of the molecule is CCN(c1cc(-c2ccc(N(C)C(=O)c3cc(C(C)C)c(OCc4ccccc4)cc3OCc3ccccc3)cc2)cc(C(=O)O)c1C)C1CCOCC1. The number of carbonyl (C=O) groups is 2. The van der Waals surface area contributed by atoms with Crippen molar-refractivity contribution in [2.24, 2.45) is 0 Å². The molecule has 1 N–H and O–H groups in total. The predicted molar refractivity (Wildman–Crippen MR) is 215 cm³/mol. The van der Waals surface area contributed by atoms with Crippen molar-refractivity contribution in [2.45, 2.75) is 65.7 Å². The highest BCUT2D eigenvalue weighted by atomic mass is 16.5. The molecule has 0 spiro atoms. The Kier molecular flexibility index (Phi) is 12.3. The van der Waals surface area contributed by atoms with E-state index in [2.05, 4.69) is 31.7 Å². The van der Waals surface area contributed by atoms with Crippen molar-refractivity contribution in [3.05, 3.63) is 143 Å². The minimum absolute atomic E-state index is 0.0836. The summed E-state index contributed by atoms with van der Waals surface area (Å²) in [5.41, 5.74) is 7.71. The Morgan fingerprint density at radius 2 is 1.37 bits per heavy atom. The molecule has 8 heteroatoms. The van der Waals surface area contributed by atoms with E-state index in [0.717, 1.165) is 58.5 Å². The smallest absolute Gasteiger partial charge is 0.336 e. The zero-order valence-electron chi connectivity index (χ0n) is 31.9. The normalized spacial score (nSPS) is 13.1. The number of ether oxygens (including phenoxy) is 3. The lowest BCUT2D eigenvalue weighted by atomic mass is 9.95. The highest BCUT2D eigenvalue weighted by Gasteiger charge is 2.26. The molecule has 1 aliphatic heterocycles. The topological polar surface area (TPSA) is 88.5 Å². The molecule has 0 aromatic heterocycles. The Bertz CT molecular complexity index is 2040. The third-order valence-electron chi connectivity index (χ3n) is 10.2. The first-order chi connectivity index (χ1) is 26.1. The Labute approximate surface area is 318 Å². The van der Waals surface area contributed by atoms with Crippen molar-refractivity contribution in [3.8, 4) is 22.6 Å². The monoisotopic (exact) mass is 726 g/mol. The van der Waals surface area contributed by atoms with Crippen molar-refractivity contribution in [1.82, 2.24) is 0 Å². The van der Waals surface area contributed by atoms with Crippen molar-refractivity contribution >= 4 is 23.3 Å². The molecule has 1 aliphatic rings. The molecule has 54 heavy (non-hydrogen) atoms. The van der Waals surface area contributed by atoms with Gasteiger partial charge in [-0.1, -0.05) is 86.6 Å². The third-order valence-corrected chi connectivity index (χ3v) is 10.2. The largest absolute Gasteiger partial charge is 0.488 e. The van der Waals surface area contributed by atoms with Crippen LogP contribution >= 0.6 is 0 Å². The molecular weight excluding hydrogens is 677 g/mol. The standard InChI is InChI=1S/C46H50N2O6/c1-6-48(38-21-23-52-24-22-38)42-26-36(25-40(32(42)4)46(50)51)35-17-19-37(20-18-35)47(5)45(49)41-27-39(31(2)3)43(53-29-33-13-9-7-10-14-33)28-44(41)54-30-34-15-11-8-12-16-34/h7-20,25-28,31,38H,6,21-24,29-30H2,1-5H3,(H,50,51). The van der Waals surface area contributed by atoms with Crippen molar-refractivity contribution in [3.63, 3.8) is 0 Å². The fraction of sp³-hybridized carbons (Fsp3) is 0.304. The number of carbonyl (C=O) groups excluding carboxylic acids is 1. The maximum Gasteiger partial charge on any atom is 0.336 e. The summed E-state index contributed by atoms with van der Waals surface area (Å²) >= 11 is 0. The Hall–Kier alpha value is -5.60. The van der Waals surface area contributed by atoms with Crippen LogP contribution < -0.4 is 19.3 Å². The number of amides is 1. The van der Waals surface area contributed by atoms with Gasteiger partial charge < -0.3 is 29.1 Å². The summed E-state index contributed by atoms with van der Waals surface area (Å²) < 4.78 is 18.3. The molecule has 6 rings (SSSR count). The van der Waals surface area contributed by atoms with E-state index in [1.54, 1.807) is 18.0 Å². The molecule has 0 saturated carbocycles. The number of aromatic carboxylic acids is 1. The summed E-state index contributed by atoms with van der Waals surface area (Å²) in [5.74, 6) is 0.0295. The van der Waals surface area contributed by atoms with Gasteiger partial charge in [-0.2, -0.15) is 0 Å². The van der Waals surface area contributed by atoms with Crippen LogP contribution in [0.3, 0.4) is 0 Å². The summed E-state index contributed by atoms with van der Waals surface area (Å²) in [4.78, 5) is 30.8. The Morgan fingerprint density at radius 3 is 1.93 bits per heavy atom. The molecule has 1 saturated heterocycles. The maximum absolute atomic E-state index is 14.4. The average Bonchev–Trinajstić information content (AvgIpc) is 3.20. The zero-order valence-corrected chi connectivity index (χ0v) is 31.9. The lowest BCUT2D eigenvalue weighted by molar-refractivity contribution is 0.0695. The molecule has 1 heterocycles. The second-order valence-corrected chi connectivity index (χ2v) is 14.1. The third kappa shape index (κ3) is 8.77. The van der Waals surface area contributed by atoms with Crippen LogP contribution in [-0.2, 0) is 18.0 Å². The summed E-state index contributed by atoms with van der Waals surface area (Å²) in [6, 6.07) is 35.4. The summed E-state index contributed by atoms with van der Waals surface area (Å²) in [7, 11) is 1.76. The number of carboxylic acid groups (broad SMARTS) is 1. The molecule has 1 fully saturated rings. The molecule has 0 radical (unpaired) electrons. The van der Waals surface area contributed by atoms with Gasteiger partial charge in [0.1, 0.15) is 24.7 Å². The van der Waals surface area contributed by atoms with Gasteiger partial charge >= 0.3 is 5.97 Å². The van der Waals surface area contributed by atoms with E-state index in [4.69, 9.17) is 14.2 Å². The van der Waals surface area contributed by atoms with Gasteiger partial charge in [0.2, 0.25) is 0 Å². The number of hydrogen-bond acceptors (Lipinski definition) is 6. The summed E-state index contributed by atoms with van der Waals surface area (Å²) in [6.45, 7) is 11.0. The van der Waals surface area contributed by atoms with Gasteiger partial charge in [0, 0.05) is 50.3 Å². The Balaban J connectivity index is 1.31. The molecule has 8 nitrogen and oxygen atoms in total. The van der Waals surface area contributed by atoms with Gasteiger partial charge in [-0.05, 0) is 96.3 Å². The molecule has 280 valence electrons. The highest BCUT2D eigenvalue weighted by molar-refractivity contribution is 6.08. The van der Waals surface area contributed by atoms with Crippen LogP contribution in [-0.4, -0.2) is 49.8 Å². The molecule has 5 aromatic carbocycles. The number of benzene rings is 5. The fourth-order valence-corrected chi connectivity index (χ4v) is 7.09. The van der Waals surface area contributed by atoms with E-state index in [1.165, 1.54) is 0 Å². The number of carboxylic acids is 1. The fourth-order valence-electron chi connectivity index (χ4n) is 7.09. The zero-order chi connectivity index (χ0) is 38.2. The van der Waals surface area contributed by atoms with E-state index in [-0.39, 0.29) is 23.4 Å². The minimum atomic E-state index is -0.955. The first-order valence-corrected chi connectivity index (χ1v) is 18.8. The highest BCUT2D eigenvalue weighted by Crippen LogP contribution is 2.37.